The number of rotatable bonds is 4. The summed E-state index contributed by atoms with van der Waals surface area (Å²) in [6.45, 7) is 5.13. The average Bonchev–Trinajstić information content (AvgIpc) is 3.01. The Balaban J connectivity index is 1.79. The van der Waals surface area contributed by atoms with Crippen LogP contribution in [0.1, 0.15) is 55.1 Å². The van der Waals surface area contributed by atoms with Crippen molar-refractivity contribution >= 4 is 0 Å². The fraction of sp³-hybridized carbons (Fsp3) is 0.786. The van der Waals surface area contributed by atoms with E-state index < -0.39 is 0 Å². The molecule has 2 aliphatic carbocycles. The van der Waals surface area contributed by atoms with Crippen LogP contribution in [-0.2, 0) is 6.54 Å². The van der Waals surface area contributed by atoms with Gasteiger partial charge >= 0.3 is 0 Å². The molecular formula is C14H23N3O. The number of aryl methyl sites for hydroxylation is 1. The van der Waals surface area contributed by atoms with Gasteiger partial charge in [0.1, 0.15) is 0 Å². The molecule has 1 aromatic heterocycles. The van der Waals surface area contributed by atoms with Crippen LogP contribution in [0.4, 0.5) is 0 Å². The highest BCUT2D eigenvalue weighted by Crippen LogP contribution is 2.32. The first kappa shape index (κ1) is 12.2. The lowest BCUT2D eigenvalue weighted by atomic mass is 10.1. The molecule has 3 rings (SSSR count). The highest BCUT2D eigenvalue weighted by molar-refractivity contribution is 5.25. The van der Waals surface area contributed by atoms with Crippen LogP contribution < -0.4 is 5.32 Å². The van der Waals surface area contributed by atoms with E-state index in [1.165, 1.54) is 24.1 Å². The molecule has 0 spiro atoms. The van der Waals surface area contributed by atoms with Crippen LogP contribution in [-0.4, -0.2) is 27.0 Å². The average molecular weight is 249 g/mol. The van der Waals surface area contributed by atoms with Gasteiger partial charge in [0.25, 0.3) is 0 Å². The molecule has 100 valence electrons. The number of nitrogens with one attached hydrogen (secondary N) is 1. The molecule has 0 radical (unpaired) electrons. The van der Waals surface area contributed by atoms with Crippen LogP contribution in [0.25, 0.3) is 0 Å². The van der Waals surface area contributed by atoms with Gasteiger partial charge in [0, 0.05) is 23.8 Å². The fourth-order valence-electron chi connectivity index (χ4n) is 3.02. The van der Waals surface area contributed by atoms with Gasteiger partial charge in [-0.2, -0.15) is 5.10 Å². The van der Waals surface area contributed by atoms with E-state index in [-0.39, 0.29) is 12.1 Å². The van der Waals surface area contributed by atoms with E-state index >= 15 is 0 Å². The monoisotopic (exact) mass is 249 g/mol. The minimum Gasteiger partial charge on any atom is -0.391 e. The predicted molar refractivity (Wildman–Crippen MR) is 70.5 cm³/mol. The Morgan fingerprint density at radius 1 is 1.28 bits per heavy atom. The van der Waals surface area contributed by atoms with Gasteiger partial charge in [-0.1, -0.05) is 0 Å². The molecule has 1 heterocycles. The topological polar surface area (TPSA) is 50.1 Å². The number of aliphatic hydroxyl groups excluding tert-OH is 1. The Morgan fingerprint density at radius 2 is 2.06 bits per heavy atom. The third kappa shape index (κ3) is 2.19. The number of aliphatic hydroxyl groups is 1. The maximum atomic E-state index is 10.0. The van der Waals surface area contributed by atoms with Gasteiger partial charge in [-0.15, -0.1) is 0 Å². The first-order valence-electron chi connectivity index (χ1n) is 7.13. The second-order valence-electron chi connectivity index (χ2n) is 5.81. The number of hydrogen-bond acceptors (Lipinski definition) is 3. The van der Waals surface area contributed by atoms with Crippen molar-refractivity contribution < 1.29 is 5.11 Å². The molecule has 2 aliphatic rings. The third-order valence-electron chi connectivity index (χ3n) is 4.38. The Morgan fingerprint density at radius 3 is 2.67 bits per heavy atom. The Hall–Kier alpha value is -0.870. The highest BCUT2D eigenvalue weighted by Gasteiger charge is 2.30. The first-order valence-corrected chi connectivity index (χ1v) is 7.13. The van der Waals surface area contributed by atoms with Crippen LogP contribution in [0.2, 0.25) is 0 Å². The van der Waals surface area contributed by atoms with Gasteiger partial charge in [-0.05, 0) is 46.0 Å². The maximum absolute atomic E-state index is 10.0. The Kier molecular flexibility index (Phi) is 3.16. The summed E-state index contributed by atoms with van der Waals surface area (Å²) in [5.41, 5.74) is 3.66. The summed E-state index contributed by atoms with van der Waals surface area (Å²) in [6.07, 6.45) is 5.49. The summed E-state index contributed by atoms with van der Waals surface area (Å²) < 4.78 is 2.07. The fourth-order valence-corrected chi connectivity index (χ4v) is 3.02. The molecule has 0 saturated heterocycles. The lowest BCUT2D eigenvalue weighted by molar-refractivity contribution is 0.129. The quantitative estimate of drug-likeness (QED) is 0.856. The van der Waals surface area contributed by atoms with Crippen molar-refractivity contribution in [1.29, 1.82) is 0 Å². The SMILES string of the molecule is Cc1nn(C2CCCC2O)c(C)c1CNC1CC1. The summed E-state index contributed by atoms with van der Waals surface area (Å²) in [6, 6.07) is 0.919. The highest BCUT2D eigenvalue weighted by atomic mass is 16.3. The zero-order valence-electron chi connectivity index (χ0n) is 11.3. The Bertz CT molecular complexity index is 436. The minimum atomic E-state index is -0.216. The van der Waals surface area contributed by atoms with E-state index in [1.54, 1.807) is 0 Å². The standard InChI is InChI=1S/C14H23N3O/c1-9-12(8-15-11-6-7-11)10(2)17(16-9)13-4-3-5-14(13)18/h11,13-15,18H,3-8H2,1-2H3. The molecular weight excluding hydrogens is 226 g/mol. The summed E-state index contributed by atoms with van der Waals surface area (Å²) in [5, 5.41) is 18.2. The molecule has 4 heteroatoms. The van der Waals surface area contributed by atoms with E-state index in [4.69, 9.17) is 0 Å². The molecule has 4 nitrogen and oxygen atoms in total. The van der Waals surface area contributed by atoms with E-state index in [9.17, 15) is 5.11 Å². The van der Waals surface area contributed by atoms with Crippen LogP contribution in [0, 0.1) is 13.8 Å². The van der Waals surface area contributed by atoms with Crippen molar-refractivity contribution in [3.05, 3.63) is 17.0 Å². The van der Waals surface area contributed by atoms with E-state index in [0.717, 1.165) is 37.5 Å². The summed E-state index contributed by atoms with van der Waals surface area (Å²) in [7, 11) is 0. The maximum Gasteiger partial charge on any atom is 0.0781 e. The largest absolute Gasteiger partial charge is 0.391 e. The molecule has 0 aromatic carbocycles. The van der Waals surface area contributed by atoms with Crippen LogP contribution in [0.5, 0.6) is 0 Å². The van der Waals surface area contributed by atoms with Gasteiger partial charge in [-0.3, -0.25) is 4.68 Å². The molecule has 0 aliphatic heterocycles. The van der Waals surface area contributed by atoms with E-state index in [0.29, 0.717) is 0 Å². The van der Waals surface area contributed by atoms with Crippen LogP contribution in [0.3, 0.4) is 0 Å². The van der Waals surface area contributed by atoms with Gasteiger partial charge in [-0.25, -0.2) is 0 Å². The molecule has 1 aromatic rings. The van der Waals surface area contributed by atoms with Crippen molar-refractivity contribution in [2.75, 3.05) is 0 Å². The van der Waals surface area contributed by atoms with Crippen LogP contribution in [0.15, 0.2) is 0 Å². The summed E-state index contributed by atoms with van der Waals surface area (Å²) in [5.74, 6) is 0. The van der Waals surface area contributed by atoms with Crippen molar-refractivity contribution in [2.45, 2.75) is 70.7 Å². The van der Waals surface area contributed by atoms with Crippen molar-refractivity contribution in [1.82, 2.24) is 15.1 Å². The molecule has 2 N–H and O–H groups in total. The molecule has 2 fully saturated rings. The lowest BCUT2D eigenvalue weighted by Crippen LogP contribution is -2.21. The second kappa shape index (κ2) is 4.67. The van der Waals surface area contributed by atoms with Crippen LogP contribution >= 0.6 is 0 Å². The summed E-state index contributed by atoms with van der Waals surface area (Å²) >= 11 is 0. The minimum absolute atomic E-state index is 0.193. The van der Waals surface area contributed by atoms with E-state index in [2.05, 4.69) is 28.9 Å². The van der Waals surface area contributed by atoms with E-state index in [1.807, 2.05) is 0 Å². The first-order chi connectivity index (χ1) is 8.66. The smallest absolute Gasteiger partial charge is 0.0781 e. The molecule has 0 amide bonds. The normalized spacial score (nSPS) is 27.9. The Labute approximate surface area is 108 Å². The van der Waals surface area contributed by atoms with Gasteiger partial charge in [0.2, 0.25) is 0 Å². The van der Waals surface area contributed by atoms with Crippen molar-refractivity contribution in [3.8, 4) is 0 Å². The van der Waals surface area contributed by atoms with Gasteiger partial charge in [0.15, 0.2) is 0 Å². The van der Waals surface area contributed by atoms with Crippen molar-refractivity contribution in [2.24, 2.45) is 0 Å². The summed E-state index contributed by atoms with van der Waals surface area (Å²) in [4.78, 5) is 0. The third-order valence-corrected chi connectivity index (χ3v) is 4.38. The molecule has 2 saturated carbocycles. The van der Waals surface area contributed by atoms with Gasteiger partial charge < -0.3 is 10.4 Å². The number of nitrogens with zero attached hydrogens (tertiary/aromatic N) is 2. The molecule has 18 heavy (non-hydrogen) atoms. The zero-order chi connectivity index (χ0) is 12.7. The molecule has 0 bridgehead atoms. The van der Waals surface area contributed by atoms with Crippen molar-refractivity contribution in [3.63, 3.8) is 0 Å². The molecule has 2 unspecified atom stereocenters. The number of aromatic nitrogens is 2. The van der Waals surface area contributed by atoms with Gasteiger partial charge in [0.05, 0.1) is 17.8 Å². The lowest BCUT2D eigenvalue weighted by Gasteiger charge is -2.17. The number of hydrogen-bond donors (Lipinski definition) is 2. The predicted octanol–water partition coefficient (Wildman–Crippen LogP) is 1.84. The zero-order valence-corrected chi connectivity index (χ0v) is 11.3. The second-order valence-corrected chi connectivity index (χ2v) is 5.81. The molecule has 2 atom stereocenters.